The van der Waals surface area contributed by atoms with Crippen LogP contribution in [0.5, 0.6) is 0 Å². The molecule has 0 saturated carbocycles. The van der Waals surface area contributed by atoms with E-state index in [1.165, 1.54) is 11.3 Å². The van der Waals surface area contributed by atoms with Gasteiger partial charge in [0.15, 0.2) is 0 Å². The Bertz CT molecular complexity index is 1020. The lowest BCUT2D eigenvalue weighted by Gasteiger charge is -2.09. The number of hydrogen-bond acceptors (Lipinski definition) is 6. The van der Waals surface area contributed by atoms with E-state index < -0.39 is 0 Å². The third kappa shape index (κ3) is 3.87. The molecule has 1 atom stereocenters. The third-order valence-electron chi connectivity index (χ3n) is 4.33. The van der Waals surface area contributed by atoms with Crippen molar-refractivity contribution in [2.24, 2.45) is 0 Å². The number of benzene rings is 1. The third-order valence-corrected chi connectivity index (χ3v) is 5.91. The van der Waals surface area contributed by atoms with Crippen molar-refractivity contribution in [1.29, 1.82) is 0 Å². The molecule has 3 aromatic rings. The van der Waals surface area contributed by atoms with E-state index in [-0.39, 0.29) is 18.0 Å². The molecule has 2 aromatic heterocycles. The Morgan fingerprint density at radius 1 is 1.33 bits per heavy atom. The smallest absolute Gasteiger partial charge is 0.261 e. The molecule has 6 nitrogen and oxygen atoms in total. The van der Waals surface area contributed by atoms with Crippen molar-refractivity contribution < 1.29 is 9.53 Å². The van der Waals surface area contributed by atoms with Crippen molar-refractivity contribution in [3.8, 4) is 11.3 Å². The predicted molar refractivity (Wildman–Crippen MR) is 109 cm³/mol. The number of nitrogens with zero attached hydrogens (tertiary/aromatic N) is 2. The van der Waals surface area contributed by atoms with Crippen LogP contribution in [0.4, 0.5) is 5.95 Å². The van der Waals surface area contributed by atoms with E-state index in [0.717, 1.165) is 24.8 Å². The fourth-order valence-corrected chi connectivity index (χ4v) is 4.49. The molecule has 27 heavy (non-hydrogen) atoms. The largest absolute Gasteiger partial charge is 0.376 e. The Hall–Kier alpha value is -1.93. The number of ether oxygens (including phenoxy) is 1. The van der Waals surface area contributed by atoms with Crippen molar-refractivity contribution in [3.63, 3.8) is 0 Å². The maximum absolute atomic E-state index is 12.5. The Morgan fingerprint density at radius 2 is 2.19 bits per heavy atom. The highest BCUT2D eigenvalue weighted by Crippen LogP contribution is 2.36. The summed E-state index contributed by atoms with van der Waals surface area (Å²) >= 11 is 13.6. The van der Waals surface area contributed by atoms with Crippen LogP contribution in [0.25, 0.3) is 21.5 Å². The second kappa shape index (κ2) is 7.59. The Balaban J connectivity index is 1.68. The summed E-state index contributed by atoms with van der Waals surface area (Å²) in [5, 5.41) is 4.63. The summed E-state index contributed by atoms with van der Waals surface area (Å²) in [5.41, 5.74) is 7.13. The summed E-state index contributed by atoms with van der Waals surface area (Å²) in [6.45, 7) is 1.25. The highest BCUT2D eigenvalue weighted by molar-refractivity contribution is 7.20. The van der Waals surface area contributed by atoms with Gasteiger partial charge in [0.05, 0.1) is 21.7 Å². The van der Waals surface area contributed by atoms with Gasteiger partial charge < -0.3 is 15.8 Å². The topological polar surface area (TPSA) is 90.1 Å². The average Bonchev–Trinajstić information content (AvgIpc) is 3.28. The minimum absolute atomic E-state index is 0.0854. The first kappa shape index (κ1) is 18.4. The summed E-state index contributed by atoms with van der Waals surface area (Å²) in [5.74, 6) is -0.0445. The number of aromatic nitrogens is 2. The molecule has 1 aliphatic rings. The maximum atomic E-state index is 12.5. The lowest BCUT2D eigenvalue weighted by molar-refractivity contribution is 0.0861. The van der Waals surface area contributed by atoms with Gasteiger partial charge in [-0.05, 0) is 37.1 Å². The van der Waals surface area contributed by atoms with Crippen molar-refractivity contribution in [3.05, 3.63) is 39.2 Å². The summed E-state index contributed by atoms with van der Waals surface area (Å²) < 4.78 is 5.54. The quantitative estimate of drug-likeness (QED) is 0.658. The molecule has 4 rings (SSSR count). The summed E-state index contributed by atoms with van der Waals surface area (Å²) in [6.07, 6.45) is 2.08. The highest BCUT2D eigenvalue weighted by atomic mass is 35.5. The monoisotopic (exact) mass is 422 g/mol. The molecule has 0 radical (unpaired) electrons. The average molecular weight is 423 g/mol. The van der Waals surface area contributed by atoms with Crippen molar-refractivity contribution in [2.75, 3.05) is 18.9 Å². The van der Waals surface area contributed by atoms with Gasteiger partial charge in [-0.15, -0.1) is 11.3 Å². The van der Waals surface area contributed by atoms with E-state index in [0.29, 0.717) is 37.6 Å². The lowest BCUT2D eigenvalue weighted by atomic mass is 10.1. The number of hydrogen-bond donors (Lipinski definition) is 2. The van der Waals surface area contributed by atoms with Gasteiger partial charge in [-0.2, -0.15) is 0 Å². The Labute approximate surface area is 169 Å². The summed E-state index contributed by atoms with van der Waals surface area (Å²) in [6, 6.07) is 6.92. The molecule has 9 heteroatoms. The number of fused-ring (bicyclic) bond motifs is 1. The van der Waals surface area contributed by atoms with Crippen LogP contribution in [0.2, 0.25) is 10.0 Å². The molecule has 1 aromatic carbocycles. The van der Waals surface area contributed by atoms with Gasteiger partial charge >= 0.3 is 0 Å². The zero-order valence-corrected chi connectivity index (χ0v) is 16.5. The molecule has 1 fully saturated rings. The number of anilines is 1. The number of rotatable bonds is 4. The molecular formula is C18H16Cl2N4O2S. The molecule has 0 aliphatic carbocycles. The van der Waals surface area contributed by atoms with Crippen LogP contribution in [0.1, 0.15) is 22.5 Å². The van der Waals surface area contributed by atoms with E-state index in [9.17, 15) is 4.79 Å². The molecule has 3 N–H and O–H groups in total. The van der Waals surface area contributed by atoms with Crippen LogP contribution in [0.3, 0.4) is 0 Å². The van der Waals surface area contributed by atoms with Crippen molar-refractivity contribution in [2.45, 2.75) is 18.9 Å². The standard InChI is InChI=1S/C18H16Cl2N4O2S/c19-9-3-4-11(13(20)6-9)15-12-7-14(27-17(12)24-18(21)23-15)16(25)22-8-10-2-1-5-26-10/h3-4,6-7,10H,1-2,5,8H2,(H,22,25)(H2,21,23,24). The lowest BCUT2D eigenvalue weighted by Crippen LogP contribution is -2.31. The normalized spacial score (nSPS) is 16.7. The van der Waals surface area contributed by atoms with E-state index in [2.05, 4.69) is 15.3 Å². The van der Waals surface area contributed by atoms with Crippen molar-refractivity contribution >= 4 is 56.6 Å². The molecule has 0 spiro atoms. The summed E-state index contributed by atoms with van der Waals surface area (Å²) in [7, 11) is 0. The predicted octanol–water partition coefficient (Wildman–Crippen LogP) is 4.16. The fourth-order valence-electron chi connectivity index (χ4n) is 3.04. The Kier molecular flexibility index (Phi) is 5.19. The van der Waals surface area contributed by atoms with Crippen molar-refractivity contribution in [1.82, 2.24) is 15.3 Å². The van der Waals surface area contributed by atoms with Gasteiger partial charge in [0.25, 0.3) is 5.91 Å². The van der Waals surface area contributed by atoms with E-state index in [1.807, 2.05) is 0 Å². The van der Waals surface area contributed by atoms with Gasteiger partial charge in [-0.3, -0.25) is 4.79 Å². The number of nitrogens with one attached hydrogen (secondary N) is 1. The highest BCUT2D eigenvalue weighted by Gasteiger charge is 2.20. The molecule has 140 valence electrons. The van der Waals surface area contributed by atoms with E-state index in [1.54, 1.807) is 24.3 Å². The molecule has 3 heterocycles. The number of nitrogen functional groups attached to an aromatic ring is 1. The fraction of sp³-hybridized carbons (Fsp3) is 0.278. The Morgan fingerprint density at radius 3 is 2.93 bits per heavy atom. The SMILES string of the molecule is Nc1nc(-c2ccc(Cl)cc2Cl)c2cc(C(=O)NCC3CCCO3)sc2n1. The van der Waals surface area contributed by atoms with Gasteiger partial charge in [-0.1, -0.05) is 23.2 Å². The molecule has 1 aliphatic heterocycles. The van der Waals surface area contributed by atoms with E-state index >= 15 is 0 Å². The number of amides is 1. The van der Waals surface area contributed by atoms with Gasteiger partial charge in [0.1, 0.15) is 4.83 Å². The second-order valence-corrected chi connectivity index (χ2v) is 8.10. The zero-order valence-electron chi connectivity index (χ0n) is 14.2. The first-order valence-electron chi connectivity index (χ1n) is 8.43. The van der Waals surface area contributed by atoms with Gasteiger partial charge in [0.2, 0.25) is 5.95 Å². The van der Waals surface area contributed by atoms with Crippen LogP contribution in [0, 0.1) is 0 Å². The minimum atomic E-state index is -0.166. The van der Waals surface area contributed by atoms with Crippen LogP contribution in [-0.4, -0.2) is 35.1 Å². The number of carbonyl (C=O) groups is 1. The minimum Gasteiger partial charge on any atom is -0.376 e. The molecule has 1 amide bonds. The molecule has 1 unspecified atom stereocenters. The van der Waals surface area contributed by atoms with Gasteiger partial charge in [0, 0.05) is 29.1 Å². The van der Waals surface area contributed by atoms with Crippen LogP contribution in [0.15, 0.2) is 24.3 Å². The number of carbonyl (C=O) groups excluding carboxylic acids is 1. The first-order valence-corrected chi connectivity index (χ1v) is 10.0. The summed E-state index contributed by atoms with van der Waals surface area (Å²) in [4.78, 5) is 22.3. The molecule has 1 saturated heterocycles. The van der Waals surface area contributed by atoms with Crippen LogP contribution < -0.4 is 11.1 Å². The maximum Gasteiger partial charge on any atom is 0.261 e. The number of halogens is 2. The second-order valence-electron chi connectivity index (χ2n) is 6.23. The van der Waals surface area contributed by atoms with Crippen LogP contribution in [-0.2, 0) is 4.74 Å². The van der Waals surface area contributed by atoms with E-state index in [4.69, 9.17) is 33.7 Å². The number of nitrogens with two attached hydrogens (primary N) is 1. The van der Waals surface area contributed by atoms with Gasteiger partial charge in [-0.25, -0.2) is 9.97 Å². The molecular weight excluding hydrogens is 407 g/mol. The molecule has 0 bridgehead atoms. The van der Waals surface area contributed by atoms with Crippen LogP contribution >= 0.6 is 34.5 Å². The number of thiophene rings is 1. The first-order chi connectivity index (χ1) is 13.0. The zero-order chi connectivity index (χ0) is 19.0.